The van der Waals surface area contributed by atoms with Gasteiger partial charge in [0.15, 0.2) is 6.61 Å². The molecule has 134 valence electrons. The summed E-state index contributed by atoms with van der Waals surface area (Å²) in [6.45, 7) is 2.58. The second kappa shape index (κ2) is 8.49. The van der Waals surface area contributed by atoms with Gasteiger partial charge in [-0.25, -0.2) is 0 Å². The molecule has 3 aromatic rings. The lowest BCUT2D eigenvalue weighted by Crippen LogP contribution is -2.34. The van der Waals surface area contributed by atoms with Crippen LogP contribution < -0.4 is 4.74 Å². The number of ether oxygens (including phenoxy) is 1. The van der Waals surface area contributed by atoms with Gasteiger partial charge in [0.2, 0.25) is 11.7 Å². The van der Waals surface area contributed by atoms with Crippen LogP contribution in [-0.2, 0) is 11.3 Å². The quantitative estimate of drug-likeness (QED) is 0.631. The Morgan fingerprint density at radius 2 is 1.88 bits per heavy atom. The van der Waals surface area contributed by atoms with Crippen LogP contribution in [0.1, 0.15) is 12.8 Å². The topological polar surface area (TPSA) is 68.5 Å². The number of rotatable bonds is 7. The van der Waals surface area contributed by atoms with Crippen LogP contribution in [0.15, 0.2) is 59.1 Å². The minimum absolute atomic E-state index is 0.0456. The van der Waals surface area contributed by atoms with E-state index in [1.807, 2.05) is 37.3 Å². The molecule has 1 aromatic heterocycles. The minimum Gasteiger partial charge on any atom is -0.484 e. The van der Waals surface area contributed by atoms with Crippen LogP contribution >= 0.6 is 11.6 Å². The Kier molecular flexibility index (Phi) is 5.86. The largest absolute Gasteiger partial charge is 0.484 e. The third kappa shape index (κ3) is 4.61. The van der Waals surface area contributed by atoms with E-state index in [1.165, 1.54) is 0 Å². The summed E-state index contributed by atoms with van der Waals surface area (Å²) in [5, 5.41) is 4.60. The lowest BCUT2D eigenvalue weighted by atomic mass is 10.2. The summed E-state index contributed by atoms with van der Waals surface area (Å²) in [6, 6.07) is 16.4. The molecule has 0 unspecified atom stereocenters. The Hall–Kier alpha value is -2.86. The van der Waals surface area contributed by atoms with E-state index < -0.39 is 0 Å². The average Bonchev–Trinajstić information content (AvgIpc) is 3.14. The van der Waals surface area contributed by atoms with Crippen molar-refractivity contribution in [1.29, 1.82) is 0 Å². The van der Waals surface area contributed by atoms with E-state index >= 15 is 0 Å². The van der Waals surface area contributed by atoms with E-state index in [9.17, 15) is 4.79 Å². The van der Waals surface area contributed by atoms with Gasteiger partial charge < -0.3 is 14.2 Å². The van der Waals surface area contributed by atoms with Crippen molar-refractivity contribution in [2.24, 2.45) is 0 Å². The number of benzene rings is 2. The van der Waals surface area contributed by atoms with Gasteiger partial charge in [-0.05, 0) is 43.3 Å². The number of likely N-dealkylation sites (N-methyl/N-ethyl adjacent to an activating group) is 1. The number of halogens is 1. The molecule has 7 heteroatoms. The second-order valence-corrected chi connectivity index (χ2v) is 5.96. The second-order valence-electron chi connectivity index (χ2n) is 5.53. The molecule has 26 heavy (non-hydrogen) atoms. The molecule has 0 fully saturated rings. The smallest absolute Gasteiger partial charge is 0.260 e. The molecule has 0 saturated heterocycles. The summed E-state index contributed by atoms with van der Waals surface area (Å²) in [7, 11) is 0. The first-order valence-corrected chi connectivity index (χ1v) is 8.57. The number of para-hydroxylation sites is 1. The molecule has 0 spiro atoms. The van der Waals surface area contributed by atoms with Crippen molar-refractivity contribution in [3.05, 3.63) is 65.5 Å². The average molecular weight is 372 g/mol. The van der Waals surface area contributed by atoms with Gasteiger partial charge in [0.1, 0.15) is 12.3 Å². The van der Waals surface area contributed by atoms with Crippen LogP contribution in [0.3, 0.4) is 0 Å². The zero-order chi connectivity index (χ0) is 18.4. The lowest BCUT2D eigenvalue weighted by molar-refractivity contribution is -0.134. The van der Waals surface area contributed by atoms with Crippen LogP contribution in [0.25, 0.3) is 11.4 Å². The number of nitrogens with zero attached hydrogens (tertiary/aromatic N) is 3. The Labute approximate surface area is 156 Å². The Balaban J connectivity index is 1.61. The third-order valence-corrected chi connectivity index (χ3v) is 3.99. The summed E-state index contributed by atoms with van der Waals surface area (Å²) in [6.07, 6.45) is 0. The molecule has 0 aliphatic heterocycles. The van der Waals surface area contributed by atoms with E-state index in [0.29, 0.717) is 29.0 Å². The predicted octanol–water partition coefficient (Wildman–Crippen LogP) is 3.82. The van der Waals surface area contributed by atoms with Crippen molar-refractivity contribution in [2.45, 2.75) is 13.5 Å². The maximum absolute atomic E-state index is 12.4. The molecule has 0 saturated carbocycles. The first-order chi connectivity index (χ1) is 12.7. The van der Waals surface area contributed by atoms with Crippen molar-refractivity contribution in [2.75, 3.05) is 13.2 Å². The maximum atomic E-state index is 12.4. The Morgan fingerprint density at radius 3 is 2.58 bits per heavy atom. The zero-order valence-corrected chi connectivity index (χ0v) is 15.0. The molecule has 2 aromatic carbocycles. The fourth-order valence-corrected chi connectivity index (χ4v) is 2.45. The minimum atomic E-state index is -0.150. The molecule has 0 aliphatic rings. The van der Waals surface area contributed by atoms with Crippen molar-refractivity contribution in [1.82, 2.24) is 15.0 Å². The number of aromatic nitrogens is 2. The monoisotopic (exact) mass is 371 g/mol. The van der Waals surface area contributed by atoms with Gasteiger partial charge >= 0.3 is 0 Å². The maximum Gasteiger partial charge on any atom is 0.260 e. The van der Waals surface area contributed by atoms with Crippen LogP contribution in [0.5, 0.6) is 5.75 Å². The molecule has 1 heterocycles. The summed E-state index contributed by atoms with van der Waals surface area (Å²) < 4.78 is 10.8. The highest BCUT2D eigenvalue weighted by Gasteiger charge is 2.17. The normalized spacial score (nSPS) is 10.5. The highest BCUT2D eigenvalue weighted by atomic mass is 35.5. The Bertz CT molecular complexity index is 850. The Morgan fingerprint density at radius 1 is 1.15 bits per heavy atom. The van der Waals surface area contributed by atoms with Crippen molar-refractivity contribution < 1.29 is 14.1 Å². The van der Waals surface area contributed by atoms with E-state index in [-0.39, 0.29) is 19.1 Å². The van der Waals surface area contributed by atoms with E-state index in [0.717, 1.165) is 5.56 Å². The van der Waals surface area contributed by atoms with Gasteiger partial charge in [0.05, 0.1) is 0 Å². The molecule has 6 nitrogen and oxygen atoms in total. The summed E-state index contributed by atoms with van der Waals surface area (Å²) in [5.74, 6) is 1.33. The van der Waals surface area contributed by atoms with Gasteiger partial charge in [-0.2, -0.15) is 4.98 Å². The van der Waals surface area contributed by atoms with Crippen molar-refractivity contribution in [3.8, 4) is 17.1 Å². The van der Waals surface area contributed by atoms with E-state index in [2.05, 4.69) is 10.1 Å². The van der Waals surface area contributed by atoms with Gasteiger partial charge in [0.25, 0.3) is 5.91 Å². The molecule has 0 N–H and O–H groups in total. The molecule has 0 bridgehead atoms. The van der Waals surface area contributed by atoms with Crippen LogP contribution in [-0.4, -0.2) is 34.1 Å². The summed E-state index contributed by atoms with van der Waals surface area (Å²) in [4.78, 5) is 18.3. The van der Waals surface area contributed by atoms with Crippen LogP contribution in [0.2, 0.25) is 5.02 Å². The molecular formula is C19H18ClN3O3. The van der Waals surface area contributed by atoms with Crippen LogP contribution in [0.4, 0.5) is 0 Å². The first kappa shape index (κ1) is 17.9. The lowest BCUT2D eigenvalue weighted by Gasteiger charge is -2.18. The molecule has 0 radical (unpaired) electrons. The molecular weight excluding hydrogens is 354 g/mol. The van der Waals surface area contributed by atoms with E-state index in [4.69, 9.17) is 20.9 Å². The highest BCUT2D eigenvalue weighted by Crippen LogP contribution is 2.19. The van der Waals surface area contributed by atoms with Crippen LogP contribution in [0, 0.1) is 0 Å². The first-order valence-electron chi connectivity index (χ1n) is 8.20. The van der Waals surface area contributed by atoms with Gasteiger partial charge in [-0.15, -0.1) is 0 Å². The van der Waals surface area contributed by atoms with Gasteiger partial charge in [-0.3, -0.25) is 4.79 Å². The van der Waals surface area contributed by atoms with Crippen molar-refractivity contribution in [3.63, 3.8) is 0 Å². The standard InChI is InChI=1S/C19H18ClN3O3/c1-2-23(18(24)13-25-16-6-4-3-5-7-16)12-17-21-19(22-26-17)14-8-10-15(20)11-9-14/h3-11H,2,12-13H2,1H3. The van der Waals surface area contributed by atoms with E-state index in [1.54, 1.807) is 29.2 Å². The number of hydrogen-bond acceptors (Lipinski definition) is 5. The number of hydrogen-bond donors (Lipinski definition) is 0. The highest BCUT2D eigenvalue weighted by molar-refractivity contribution is 6.30. The number of carbonyl (C=O) groups is 1. The molecule has 3 rings (SSSR count). The van der Waals surface area contributed by atoms with Gasteiger partial charge in [-0.1, -0.05) is 35.0 Å². The number of carbonyl (C=O) groups excluding carboxylic acids is 1. The molecule has 1 amide bonds. The SMILES string of the molecule is CCN(Cc1nc(-c2ccc(Cl)cc2)no1)C(=O)COc1ccccc1. The fraction of sp³-hybridized carbons (Fsp3) is 0.211. The molecule has 0 aliphatic carbocycles. The molecule has 0 atom stereocenters. The summed E-state index contributed by atoms with van der Waals surface area (Å²) >= 11 is 5.88. The predicted molar refractivity (Wildman–Crippen MR) is 97.8 cm³/mol. The summed E-state index contributed by atoms with van der Waals surface area (Å²) in [5.41, 5.74) is 0.797. The third-order valence-electron chi connectivity index (χ3n) is 3.74. The fourth-order valence-electron chi connectivity index (χ4n) is 2.33. The van der Waals surface area contributed by atoms with Crippen molar-refractivity contribution >= 4 is 17.5 Å². The number of amides is 1. The van der Waals surface area contributed by atoms with Gasteiger partial charge in [0, 0.05) is 17.1 Å². The zero-order valence-electron chi connectivity index (χ0n) is 14.3.